The van der Waals surface area contributed by atoms with Gasteiger partial charge in [-0.15, -0.1) is 0 Å². The molecule has 1 atom stereocenters. The zero-order chi connectivity index (χ0) is 17.0. The van der Waals surface area contributed by atoms with E-state index in [-0.39, 0.29) is 18.2 Å². The van der Waals surface area contributed by atoms with Gasteiger partial charge in [0.25, 0.3) is 5.91 Å². The van der Waals surface area contributed by atoms with Gasteiger partial charge in [-0.3, -0.25) is 4.79 Å². The predicted octanol–water partition coefficient (Wildman–Crippen LogP) is 3.69. The van der Waals surface area contributed by atoms with Gasteiger partial charge in [-0.05, 0) is 41.7 Å². The van der Waals surface area contributed by atoms with Crippen LogP contribution in [0.15, 0.2) is 42.5 Å². The average molecular weight is 314 g/mol. The summed E-state index contributed by atoms with van der Waals surface area (Å²) >= 11 is 0. The Morgan fingerprint density at radius 2 is 1.74 bits per heavy atom. The first-order valence-corrected chi connectivity index (χ1v) is 7.78. The fourth-order valence-electron chi connectivity index (χ4n) is 2.35. The third-order valence-electron chi connectivity index (χ3n) is 3.88. The summed E-state index contributed by atoms with van der Waals surface area (Å²) in [6.45, 7) is 6.30. The number of hydrogen-bond acceptors (Lipinski definition) is 2. The number of nitrogens with two attached hydrogens (primary N) is 1. The molecule has 0 radical (unpaired) electrons. The maximum Gasteiger partial charge on any atom is 0.254 e. The molecule has 3 N–H and O–H groups in total. The molecule has 0 saturated heterocycles. The Labute approximate surface area is 136 Å². The van der Waals surface area contributed by atoms with E-state index in [0.717, 1.165) is 11.1 Å². The van der Waals surface area contributed by atoms with E-state index in [9.17, 15) is 9.18 Å². The Hall–Kier alpha value is -2.20. The molecule has 0 aliphatic rings. The van der Waals surface area contributed by atoms with Gasteiger partial charge in [0.2, 0.25) is 0 Å². The van der Waals surface area contributed by atoms with Crippen molar-refractivity contribution in [2.75, 3.05) is 6.54 Å². The van der Waals surface area contributed by atoms with E-state index in [1.165, 1.54) is 17.7 Å². The molecule has 23 heavy (non-hydrogen) atoms. The van der Waals surface area contributed by atoms with Gasteiger partial charge in [-0.2, -0.15) is 0 Å². The van der Waals surface area contributed by atoms with Crippen LogP contribution in [0.5, 0.6) is 0 Å². The zero-order valence-electron chi connectivity index (χ0n) is 13.8. The van der Waals surface area contributed by atoms with Crippen molar-refractivity contribution in [2.24, 2.45) is 5.73 Å². The van der Waals surface area contributed by atoms with E-state index < -0.39 is 11.7 Å². The molecular formula is C19H23FN2O. The number of carbonyl (C=O) groups is 1. The van der Waals surface area contributed by atoms with Crippen molar-refractivity contribution in [3.8, 4) is 0 Å². The highest BCUT2D eigenvalue weighted by atomic mass is 19.1. The molecule has 0 saturated carbocycles. The van der Waals surface area contributed by atoms with Gasteiger partial charge in [-0.1, -0.05) is 44.2 Å². The van der Waals surface area contributed by atoms with E-state index in [1.54, 1.807) is 13.0 Å². The number of hydrogen-bond donors (Lipinski definition) is 2. The number of rotatable bonds is 5. The normalized spacial score (nSPS) is 12.3. The third kappa shape index (κ3) is 4.39. The van der Waals surface area contributed by atoms with Gasteiger partial charge in [0, 0.05) is 12.6 Å². The smallest absolute Gasteiger partial charge is 0.254 e. The van der Waals surface area contributed by atoms with Gasteiger partial charge >= 0.3 is 0 Å². The molecular weight excluding hydrogens is 291 g/mol. The van der Waals surface area contributed by atoms with Crippen molar-refractivity contribution in [1.82, 2.24) is 5.32 Å². The lowest BCUT2D eigenvalue weighted by molar-refractivity contribution is 0.0947. The Morgan fingerprint density at radius 3 is 2.30 bits per heavy atom. The van der Waals surface area contributed by atoms with Gasteiger partial charge < -0.3 is 11.1 Å². The molecule has 0 aliphatic carbocycles. The van der Waals surface area contributed by atoms with Gasteiger partial charge in [0.15, 0.2) is 0 Å². The number of amides is 1. The van der Waals surface area contributed by atoms with Crippen LogP contribution in [0.2, 0.25) is 0 Å². The molecule has 4 heteroatoms. The molecule has 122 valence electrons. The maximum atomic E-state index is 13.8. The first-order chi connectivity index (χ1) is 10.9. The molecule has 0 heterocycles. The first-order valence-electron chi connectivity index (χ1n) is 7.78. The molecule has 2 aromatic carbocycles. The van der Waals surface area contributed by atoms with Crippen LogP contribution in [-0.2, 0) is 0 Å². The fourth-order valence-corrected chi connectivity index (χ4v) is 2.35. The summed E-state index contributed by atoms with van der Waals surface area (Å²) in [5, 5.41) is 2.69. The number of aryl methyl sites for hydroxylation is 1. The fraction of sp³-hybridized carbons (Fsp3) is 0.316. The van der Waals surface area contributed by atoms with Crippen LogP contribution in [0.4, 0.5) is 4.39 Å². The summed E-state index contributed by atoms with van der Waals surface area (Å²) in [5.74, 6) is -0.501. The van der Waals surface area contributed by atoms with Crippen LogP contribution in [-0.4, -0.2) is 12.5 Å². The van der Waals surface area contributed by atoms with Crippen molar-refractivity contribution in [3.63, 3.8) is 0 Å². The summed E-state index contributed by atoms with van der Waals surface area (Å²) in [6.07, 6.45) is 0. The van der Waals surface area contributed by atoms with Crippen LogP contribution >= 0.6 is 0 Å². The Morgan fingerprint density at radius 1 is 1.13 bits per heavy atom. The molecule has 2 aromatic rings. The molecule has 1 unspecified atom stereocenters. The van der Waals surface area contributed by atoms with Crippen molar-refractivity contribution >= 4 is 5.91 Å². The SMILES string of the molecule is Cc1ccc(C(=O)NCC(N)c2ccc(C(C)C)cc2)c(F)c1. The highest BCUT2D eigenvalue weighted by molar-refractivity contribution is 5.94. The molecule has 3 nitrogen and oxygen atoms in total. The van der Waals surface area contributed by atoms with Crippen LogP contribution in [0.1, 0.15) is 52.9 Å². The van der Waals surface area contributed by atoms with Gasteiger partial charge in [-0.25, -0.2) is 4.39 Å². The van der Waals surface area contributed by atoms with E-state index >= 15 is 0 Å². The molecule has 0 bridgehead atoms. The van der Waals surface area contributed by atoms with Gasteiger partial charge in [0.05, 0.1) is 5.56 Å². The molecule has 0 fully saturated rings. The monoisotopic (exact) mass is 314 g/mol. The zero-order valence-corrected chi connectivity index (χ0v) is 13.8. The maximum absolute atomic E-state index is 13.8. The summed E-state index contributed by atoms with van der Waals surface area (Å²) < 4.78 is 13.8. The molecule has 2 rings (SSSR count). The second kappa shape index (κ2) is 7.38. The van der Waals surface area contributed by atoms with Crippen molar-refractivity contribution in [3.05, 3.63) is 70.5 Å². The largest absolute Gasteiger partial charge is 0.350 e. The van der Waals surface area contributed by atoms with Crippen LogP contribution in [0.25, 0.3) is 0 Å². The number of carbonyl (C=O) groups excluding carboxylic acids is 1. The summed E-state index contributed by atoms with van der Waals surface area (Å²) in [5.41, 5.74) is 9.11. The van der Waals surface area contributed by atoms with Crippen LogP contribution in [0.3, 0.4) is 0 Å². The lowest BCUT2D eigenvalue weighted by Gasteiger charge is -2.15. The minimum atomic E-state index is -0.516. The number of nitrogens with one attached hydrogen (secondary N) is 1. The molecule has 1 amide bonds. The minimum absolute atomic E-state index is 0.0398. The summed E-state index contributed by atoms with van der Waals surface area (Å²) in [7, 11) is 0. The Bertz CT molecular complexity index is 680. The molecule has 0 aromatic heterocycles. The van der Waals surface area contributed by atoms with E-state index in [4.69, 9.17) is 5.73 Å². The summed E-state index contributed by atoms with van der Waals surface area (Å²) in [6, 6.07) is 12.2. The quantitative estimate of drug-likeness (QED) is 0.884. The lowest BCUT2D eigenvalue weighted by Crippen LogP contribution is -2.32. The molecule has 0 spiro atoms. The first kappa shape index (κ1) is 17.2. The average Bonchev–Trinajstić information content (AvgIpc) is 2.52. The standard InChI is InChI=1S/C19H23FN2O/c1-12(2)14-5-7-15(8-6-14)18(21)11-22-19(23)16-9-4-13(3)10-17(16)20/h4-10,12,18H,11,21H2,1-3H3,(H,22,23). The Kier molecular flexibility index (Phi) is 5.50. The van der Waals surface area contributed by atoms with E-state index in [0.29, 0.717) is 5.92 Å². The van der Waals surface area contributed by atoms with E-state index in [2.05, 4.69) is 19.2 Å². The number of halogens is 1. The predicted molar refractivity (Wildman–Crippen MR) is 90.9 cm³/mol. The highest BCUT2D eigenvalue weighted by Crippen LogP contribution is 2.17. The summed E-state index contributed by atoms with van der Waals surface area (Å²) in [4.78, 5) is 12.0. The second-order valence-corrected chi connectivity index (χ2v) is 6.12. The second-order valence-electron chi connectivity index (χ2n) is 6.12. The van der Waals surface area contributed by atoms with Crippen LogP contribution < -0.4 is 11.1 Å². The molecule has 0 aliphatic heterocycles. The highest BCUT2D eigenvalue weighted by Gasteiger charge is 2.13. The van der Waals surface area contributed by atoms with Crippen molar-refractivity contribution < 1.29 is 9.18 Å². The van der Waals surface area contributed by atoms with Crippen molar-refractivity contribution in [2.45, 2.75) is 32.7 Å². The van der Waals surface area contributed by atoms with Crippen LogP contribution in [0, 0.1) is 12.7 Å². The Balaban J connectivity index is 1.98. The third-order valence-corrected chi connectivity index (χ3v) is 3.88. The minimum Gasteiger partial charge on any atom is -0.350 e. The lowest BCUT2D eigenvalue weighted by atomic mass is 9.99. The topological polar surface area (TPSA) is 55.1 Å². The van der Waals surface area contributed by atoms with Gasteiger partial charge in [0.1, 0.15) is 5.82 Å². The number of benzene rings is 2. The van der Waals surface area contributed by atoms with E-state index in [1.807, 2.05) is 24.3 Å². The van der Waals surface area contributed by atoms with Crippen molar-refractivity contribution in [1.29, 1.82) is 0 Å².